The molecule has 1 saturated carbocycles. The molecule has 0 aliphatic heterocycles. The molecule has 0 amide bonds. The highest BCUT2D eigenvalue weighted by Gasteiger charge is 2.34. The van der Waals surface area contributed by atoms with Crippen molar-refractivity contribution in [2.24, 2.45) is 5.92 Å². The zero-order valence-electron chi connectivity index (χ0n) is 7.36. The van der Waals surface area contributed by atoms with Crippen LogP contribution in [0.4, 0.5) is 0 Å². The first kappa shape index (κ1) is 10.5. The number of carbonyl (C=O) groups is 1. The summed E-state index contributed by atoms with van der Waals surface area (Å²) in [5, 5.41) is 11.3. The molecule has 5 nitrogen and oxygen atoms in total. The fourth-order valence-electron chi connectivity index (χ4n) is 1.26. The summed E-state index contributed by atoms with van der Waals surface area (Å²) in [6.45, 7) is 0. The lowest BCUT2D eigenvalue weighted by Crippen LogP contribution is -2.45. The van der Waals surface area contributed by atoms with E-state index in [1.165, 1.54) is 0 Å². The second kappa shape index (κ2) is 3.63. The maximum absolute atomic E-state index is 10.7. The predicted molar refractivity (Wildman–Crippen MR) is 47.0 cm³/mol. The maximum Gasteiger partial charge on any atom is 0.306 e. The van der Waals surface area contributed by atoms with Crippen molar-refractivity contribution < 1.29 is 18.3 Å². The van der Waals surface area contributed by atoms with Gasteiger partial charge in [-0.2, -0.15) is 0 Å². The van der Waals surface area contributed by atoms with Gasteiger partial charge >= 0.3 is 5.97 Å². The first-order valence-electron chi connectivity index (χ1n) is 4.02. The second-order valence-corrected chi connectivity index (χ2v) is 5.62. The Morgan fingerprint density at radius 1 is 1.54 bits per heavy atom. The molecule has 0 unspecified atom stereocenters. The van der Waals surface area contributed by atoms with Crippen LogP contribution in [0.25, 0.3) is 0 Å². The van der Waals surface area contributed by atoms with E-state index >= 15 is 0 Å². The molecule has 0 saturated heterocycles. The Hall–Kier alpha value is -0.620. The summed E-state index contributed by atoms with van der Waals surface area (Å²) >= 11 is 0. The number of aliphatic carboxylic acids is 1. The van der Waals surface area contributed by atoms with Gasteiger partial charge in [0.25, 0.3) is 0 Å². The van der Waals surface area contributed by atoms with Crippen molar-refractivity contribution in [3.63, 3.8) is 0 Å². The number of hydrogen-bond donors (Lipinski definition) is 2. The van der Waals surface area contributed by atoms with Crippen molar-refractivity contribution >= 4 is 15.8 Å². The Balaban J connectivity index is 2.19. The van der Waals surface area contributed by atoms with Crippen LogP contribution in [0.2, 0.25) is 0 Å². The molecule has 1 fully saturated rings. The summed E-state index contributed by atoms with van der Waals surface area (Å²) in [4.78, 5) is 10.4. The summed E-state index contributed by atoms with van der Waals surface area (Å²) in [5.74, 6) is -1.15. The van der Waals surface area contributed by atoms with Gasteiger partial charge in [0.15, 0.2) is 9.84 Å². The Labute approximate surface area is 77.1 Å². The molecule has 76 valence electrons. The number of rotatable bonds is 4. The minimum atomic E-state index is -2.99. The summed E-state index contributed by atoms with van der Waals surface area (Å²) in [6, 6.07) is 0.0517. The third-order valence-corrected chi connectivity index (χ3v) is 2.81. The van der Waals surface area contributed by atoms with E-state index in [0.717, 1.165) is 6.26 Å². The largest absolute Gasteiger partial charge is 0.481 e. The van der Waals surface area contributed by atoms with Crippen LogP contribution in [-0.4, -0.2) is 37.7 Å². The molecule has 0 aromatic rings. The van der Waals surface area contributed by atoms with Crippen LogP contribution in [0.5, 0.6) is 0 Å². The summed E-state index contributed by atoms with van der Waals surface area (Å²) in [5.41, 5.74) is 0. The maximum atomic E-state index is 10.7. The molecule has 0 atom stereocenters. The molecule has 1 aliphatic carbocycles. The minimum Gasteiger partial charge on any atom is -0.481 e. The van der Waals surface area contributed by atoms with Crippen molar-refractivity contribution in [2.75, 3.05) is 12.1 Å². The van der Waals surface area contributed by atoms with Gasteiger partial charge in [0.1, 0.15) is 0 Å². The van der Waals surface area contributed by atoms with E-state index in [-0.39, 0.29) is 17.8 Å². The quantitative estimate of drug-likeness (QED) is 0.645. The molecule has 1 rings (SSSR count). The zero-order chi connectivity index (χ0) is 10.1. The van der Waals surface area contributed by atoms with E-state index in [9.17, 15) is 13.2 Å². The summed E-state index contributed by atoms with van der Waals surface area (Å²) in [7, 11) is -2.99. The Morgan fingerprint density at radius 3 is 2.46 bits per heavy atom. The highest BCUT2D eigenvalue weighted by atomic mass is 32.2. The number of carboxylic acids is 1. The third-order valence-electron chi connectivity index (χ3n) is 2.12. The van der Waals surface area contributed by atoms with Crippen LogP contribution >= 0.6 is 0 Å². The topological polar surface area (TPSA) is 83.5 Å². The molecule has 0 heterocycles. The SMILES string of the molecule is CS(=O)(=O)CNC1CC(C(=O)O)C1. The first-order chi connectivity index (χ1) is 5.88. The van der Waals surface area contributed by atoms with Crippen molar-refractivity contribution in [2.45, 2.75) is 18.9 Å². The van der Waals surface area contributed by atoms with Crippen molar-refractivity contribution in [3.05, 3.63) is 0 Å². The van der Waals surface area contributed by atoms with Crippen LogP contribution in [0.1, 0.15) is 12.8 Å². The first-order valence-corrected chi connectivity index (χ1v) is 6.08. The van der Waals surface area contributed by atoms with Crippen LogP contribution < -0.4 is 5.32 Å². The molecule has 6 heteroatoms. The van der Waals surface area contributed by atoms with Gasteiger partial charge in [-0.1, -0.05) is 0 Å². The molecule has 13 heavy (non-hydrogen) atoms. The van der Waals surface area contributed by atoms with Gasteiger partial charge < -0.3 is 10.4 Å². The molecular formula is C7H13NO4S. The van der Waals surface area contributed by atoms with Gasteiger partial charge in [0.05, 0.1) is 11.8 Å². The molecule has 2 N–H and O–H groups in total. The molecule has 0 aromatic carbocycles. The smallest absolute Gasteiger partial charge is 0.306 e. The van der Waals surface area contributed by atoms with Gasteiger partial charge in [-0.05, 0) is 12.8 Å². The minimum absolute atomic E-state index is 0.0517. The number of hydrogen-bond acceptors (Lipinski definition) is 4. The third kappa shape index (κ3) is 3.31. The van der Waals surface area contributed by atoms with Gasteiger partial charge in [0.2, 0.25) is 0 Å². The van der Waals surface area contributed by atoms with Gasteiger partial charge in [0, 0.05) is 12.3 Å². The van der Waals surface area contributed by atoms with E-state index in [1.54, 1.807) is 0 Å². The van der Waals surface area contributed by atoms with Gasteiger partial charge in [-0.3, -0.25) is 4.79 Å². The molecule has 1 aliphatic rings. The monoisotopic (exact) mass is 207 g/mol. The predicted octanol–water partition coefficient (Wildman–Crippen LogP) is -0.559. The van der Waals surface area contributed by atoms with Crippen molar-refractivity contribution in [1.82, 2.24) is 5.32 Å². The molecular weight excluding hydrogens is 194 g/mol. The fourth-order valence-corrected chi connectivity index (χ4v) is 1.79. The van der Waals surface area contributed by atoms with E-state index in [2.05, 4.69) is 5.32 Å². The Kier molecular flexibility index (Phi) is 2.92. The molecule has 0 bridgehead atoms. The summed E-state index contributed by atoms with van der Waals surface area (Å²) in [6.07, 6.45) is 2.21. The Bertz CT molecular complexity index is 292. The van der Waals surface area contributed by atoms with Crippen LogP contribution in [0.3, 0.4) is 0 Å². The zero-order valence-corrected chi connectivity index (χ0v) is 8.17. The lowest BCUT2D eigenvalue weighted by atomic mass is 9.80. The van der Waals surface area contributed by atoms with Crippen molar-refractivity contribution in [1.29, 1.82) is 0 Å². The van der Waals surface area contributed by atoms with E-state index < -0.39 is 15.8 Å². The number of nitrogens with one attached hydrogen (secondary N) is 1. The lowest BCUT2D eigenvalue weighted by Gasteiger charge is -2.32. The standard InChI is InChI=1S/C7H13NO4S/c1-13(11,12)4-8-6-2-5(3-6)7(9)10/h5-6,8H,2-4H2,1H3,(H,9,10). The molecule has 0 radical (unpaired) electrons. The number of carboxylic acid groups (broad SMARTS) is 1. The lowest BCUT2D eigenvalue weighted by molar-refractivity contribution is -0.145. The van der Waals surface area contributed by atoms with Crippen LogP contribution in [-0.2, 0) is 14.6 Å². The number of sulfone groups is 1. The fraction of sp³-hybridized carbons (Fsp3) is 0.857. The molecule has 0 aromatic heterocycles. The normalized spacial score (nSPS) is 28.1. The molecule has 0 spiro atoms. The average Bonchev–Trinajstić information content (AvgIpc) is 1.79. The second-order valence-electron chi connectivity index (χ2n) is 3.48. The average molecular weight is 207 g/mol. The van der Waals surface area contributed by atoms with Crippen LogP contribution in [0.15, 0.2) is 0 Å². The van der Waals surface area contributed by atoms with Crippen LogP contribution in [0, 0.1) is 5.92 Å². The van der Waals surface area contributed by atoms with Gasteiger partial charge in [-0.25, -0.2) is 8.42 Å². The summed E-state index contributed by atoms with van der Waals surface area (Å²) < 4.78 is 21.4. The highest BCUT2D eigenvalue weighted by Crippen LogP contribution is 2.27. The van der Waals surface area contributed by atoms with Gasteiger partial charge in [-0.15, -0.1) is 0 Å². The Morgan fingerprint density at radius 2 is 2.08 bits per heavy atom. The van der Waals surface area contributed by atoms with E-state index in [1.807, 2.05) is 0 Å². The van der Waals surface area contributed by atoms with Crippen molar-refractivity contribution in [3.8, 4) is 0 Å². The van der Waals surface area contributed by atoms with E-state index in [4.69, 9.17) is 5.11 Å². The highest BCUT2D eigenvalue weighted by molar-refractivity contribution is 7.90. The van der Waals surface area contributed by atoms with E-state index in [0.29, 0.717) is 12.8 Å².